The van der Waals surface area contributed by atoms with Crippen molar-refractivity contribution in [3.8, 4) is 11.5 Å². The Kier molecular flexibility index (Phi) is 4.11. The summed E-state index contributed by atoms with van der Waals surface area (Å²) in [6, 6.07) is 5.92. The molecule has 0 amide bonds. The summed E-state index contributed by atoms with van der Waals surface area (Å²) in [4.78, 5) is 14.3. The second-order valence-corrected chi connectivity index (χ2v) is 4.54. The lowest BCUT2D eigenvalue weighted by atomic mass is 10.2. The zero-order chi connectivity index (χ0) is 13.8. The number of hydrogen-bond acceptors (Lipinski definition) is 5. The first kappa shape index (κ1) is 13.5. The smallest absolute Gasteiger partial charge is 0.269 e. The van der Waals surface area contributed by atoms with Crippen LogP contribution in [0.25, 0.3) is 11.5 Å². The zero-order valence-electron chi connectivity index (χ0n) is 10.2. The van der Waals surface area contributed by atoms with Crippen LogP contribution in [0.3, 0.4) is 0 Å². The Bertz CT molecular complexity index is 568. The number of non-ortho nitro benzene ring substituents is 1. The highest BCUT2D eigenvalue weighted by atomic mass is 35.5. The fraction of sp³-hybridized carbons (Fsp3) is 0.333. The summed E-state index contributed by atoms with van der Waals surface area (Å²) >= 11 is 6.10. The van der Waals surface area contributed by atoms with Gasteiger partial charge in [0.05, 0.1) is 10.3 Å². The number of alkyl halides is 1. The molecule has 0 spiro atoms. The van der Waals surface area contributed by atoms with E-state index in [0.29, 0.717) is 17.3 Å². The standard InChI is InChI=1S/C12H12ClN3O3/c1-2-3-10(13)11-14-12(19-15-11)8-4-6-9(7-5-8)16(17)18/h4-7,10H,2-3H2,1H3. The quantitative estimate of drug-likeness (QED) is 0.474. The van der Waals surface area contributed by atoms with Gasteiger partial charge in [-0.05, 0) is 18.6 Å². The van der Waals surface area contributed by atoms with E-state index in [4.69, 9.17) is 16.1 Å². The molecule has 2 rings (SSSR count). The molecule has 1 aromatic carbocycles. The molecule has 0 aliphatic carbocycles. The van der Waals surface area contributed by atoms with Gasteiger partial charge in [-0.2, -0.15) is 4.98 Å². The van der Waals surface area contributed by atoms with Crippen molar-refractivity contribution in [1.29, 1.82) is 0 Å². The zero-order valence-corrected chi connectivity index (χ0v) is 11.0. The van der Waals surface area contributed by atoms with Gasteiger partial charge in [0, 0.05) is 17.7 Å². The molecule has 0 saturated heterocycles. The van der Waals surface area contributed by atoms with Crippen molar-refractivity contribution in [2.24, 2.45) is 0 Å². The number of hydrogen-bond donors (Lipinski definition) is 0. The first-order valence-corrected chi connectivity index (χ1v) is 6.28. The maximum absolute atomic E-state index is 10.6. The second kappa shape index (κ2) is 5.79. The van der Waals surface area contributed by atoms with E-state index in [0.717, 1.165) is 12.8 Å². The van der Waals surface area contributed by atoms with Crippen LogP contribution in [-0.4, -0.2) is 15.1 Å². The van der Waals surface area contributed by atoms with Crippen LogP contribution in [-0.2, 0) is 0 Å². The van der Waals surface area contributed by atoms with Crippen LogP contribution in [0, 0.1) is 10.1 Å². The molecule has 0 aliphatic heterocycles. The molecule has 100 valence electrons. The van der Waals surface area contributed by atoms with Crippen LogP contribution in [0.4, 0.5) is 5.69 Å². The van der Waals surface area contributed by atoms with Gasteiger partial charge in [-0.25, -0.2) is 0 Å². The highest BCUT2D eigenvalue weighted by Crippen LogP contribution is 2.26. The van der Waals surface area contributed by atoms with E-state index in [1.54, 1.807) is 12.1 Å². The van der Waals surface area contributed by atoms with Crippen LogP contribution in [0.5, 0.6) is 0 Å². The lowest BCUT2D eigenvalue weighted by Crippen LogP contribution is -1.92. The Labute approximate surface area is 114 Å². The fourth-order valence-corrected chi connectivity index (χ4v) is 1.89. The third-order valence-corrected chi connectivity index (χ3v) is 3.00. The molecule has 0 N–H and O–H groups in total. The summed E-state index contributed by atoms with van der Waals surface area (Å²) in [6.45, 7) is 2.02. The lowest BCUT2D eigenvalue weighted by Gasteiger charge is -1.99. The van der Waals surface area contributed by atoms with E-state index in [-0.39, 0.29) is 11.1 Å². The summed E-state index contributed by atoms with van der Waals surface area (Å²) in [6.07, 6.45) is 1.69. The van der Waals surface area contributed by atoms with Crippen LogP contribution in [0.1, 0.15) is 31.0 Å². The van der Waals surface area contributed by atoms with Gasteiger partial charge in [-0.1, -0.05) is 18.5 Å². The first-order valence-electron chi connectivity index (χ1n) is 5.84. The van der Waals surface area contributed by atoms with E-state index in [1.165, 1.54) is 12.1 Å². The van der Waals surface area contributed by atoms with Crippen LogP contribution >= 0.6 is 11.6 Å². The molecule has 19 heavy (non-hydrogen) atoms. The Morgan fingerprint density at radius 1 is 1.42 bits per heavy atom. The molecule has 0 bridgehead atoms. The highest BCUT2D eigenvalue weighted by molar-refractivity contribution is 6.20. The minimum Gasteiger partial charge on any atom is -0.334 e. The van der Waals surface area contributed by atoms with E-state index < -0.39 is 4.92 Å². The van der Waals surface area contributed by atoms with Crippen LogP contribution < -0.4 is 0 Å². The molecular formula is C12H12ClN3O3. The van der Waals surface area contributed by atoms with Crippen molar-refractivity contribution in [3.05, 3.63) is 40.2 Å². The van der Waals surface area contributed by atoms with Crippen molar-refractivity contribution in [2.75, 3.05) is 0 Å². The van der Waals surface area contributed by atoms with Gasteiger partial charge in [0.25, 0.3) is 11.6 Å². The molecular weight excluding hydrogens is 270 g/mol. The minimum atomic E-state index is -0.459. The van der Waals surface area contributed by atoms with Gasteiger partial charge in [-0.15, -0.1) is 11.6 Å². The number of halogens is 1. The van der Waals surface area contributed by atoms with Crippen molar-refractivity contribution >= 4 is 17.3 Å². The third-order valence-electron chi connectivity index (χ3n) is 2.59. The third kappa shape index (κ3) is 3.08. The number of nitrogens with zero attached hydrogens (tertiary/aromatic N) is 3. The molecule has 1 aromatic heterocycles. The van der Waals surface area contributed by atoms with Gasteiger partial charge in [-0.3, -0.25) is 10.1 Å². The number of nitro groups is 1. The van der Waals surface area contributed by atoms with Gasteiger partial charge >= 0.3 is 0 Å². The minimum absolute atomic E-state index is 0.0182. The van der Waals surface area contributed by atoms with Crippen LogP contribution in [0.15, 0.2) is 28.8 Å². The predicted molar refractivity (Wildman–Crippen MR) is 69.9 cm³/mol. The van der Waals surface area contributed by atoms with Gasteiger partial charge in [0.2, 0.25) is 0 Å². The average Bonchev–Trinajstić information content (AvgIpc) is 2.89. The van der Waals surface area contributed by atoms with Crippen molar-refractivity contribution in [2.45, 2.75) is 25.1 Å². The summed E-state index contributed by atoms with van der Waals surface area (Å²) in [5, 5.41) is 14.1. The van der Waals surface area contributed by atoms with Gasteiger partial charge in [0.1, 0.15) is 0 Å². The second-order valence-electron chi connectivity index (χ2n) is 4.02. The number of aromatic nitrogens is 2. The van der Waals surface area contributed by atoms with Gasteiger partial charge < -0.3 is 4.52 Å². The number of rotatable bonds is 5. The number of nitro benzene ring substituents is 1. The Balaban J connectivity index is 2.20. The SMILES string of the molecule is CCCC(Cl)c1noc(-c2ccc([N+](=O)[O-])cc2)n1. The van der Waals surface area contributed by atoms with Crippen molar-refractivity contribution in [1.82, 2.24) is 10.1 Å². The summed E-state index contributed by atoms with van der Waals surface area (Å²) < 4.78 is 5.10. The van der Waals surface area contributed by atoms with Crippen molar-refractivity contribution in [3.63, 3.8) is 0 Å². The average molecular weight is 282 g/mol. The maximum atomic E-state index is 10.6. The molecule has 2 aromatic rings. The predicted octanol–water partition coefficient (Wildman–Crippen LogP) is 3.72. The molecule has 6 nitrogen and oxygen atoms in total. The summed E-state index contributed by atoms with van der Waals surface area (Å²) in [5.74, 6) is 0.753. The number of benzene rings is 1. The van der Waals surface area contributed by atoms with E-state index >= 15 is 0 Å². The molecule has 0 saturated carbocycles. The molecule has 0 aliphatic rings. The van der Waals surface area contributed by atoms with E-state index in [2.05, 4.69) is 10.1 Å². The van der Waals surface area contributed by atoms with E-state index in [1.807, 2.05) is 6.92 Å². The van der Waals surface area contributed by atoms with E-state index in [9.17, 15) is 10.1 Å². The van der Waals surface area contributed by atoms with Crippen molar-refractivity contribution < 1.29 is 9.45 Å². The van der Waals surface area contributed by atoms with Crippen LogP contribution in [0.2, 0.25) is 0 Å². The molecule has 1 unspecified atom stereocenters. The molecule has 0 radical (unpaired) electrons. The molecule has 1 heterocycles. The molecule has 7 heteroatoms. The Hall–Kier alpha value is -1.95. The maximum Gasteiger partial charge on any atom is 0.269 e. The normalized spacial score (nSPS) is 12.3. The highest BCUT2D eigenvalue weighted by Gasteiger charge is 2.16. The first-order chi connectivity index (χ1) is 9.11. The van der Waals surface area contributed by atoms with Gasteiger partial charge in [0.15, 0.2) is 5.82 Å². The largest absolute Gasteiger partial charge is 0.334 e. The summed E-state index contributed by atoms with van der Waals surface area (Å²) in [5.41, 5.74) is 0.648. The monoisotopic (exact) mass is 281 g/mol. The summed E-state index contributed by atoms with van der Waals surface area (Å²) in [7, 11) is 0. The Morgan fingerprint density at radius 3 is 2.68 bits per heavy atom. The topological polar surface area (TPSA) is 82.1 Å². The molecule has 0 fully saturated rings. The Morgan fingerprint density at radius 2 is 2.11 bits per heavy atom. The lowest BCUT2D eigenvalue weighted by molar-refractivity contribution is -0.384. The molecule has 1 atom stereocenters. The fourth-order valence-electron chi connectivity index (χ4n) is 1.59.